The van der Waals surface area contributed by atoms with Gasteiger partial charge in [0.25, 0.3) is 0 Å². The number of ether oxygens (including phenoxy) is 2. The number of nitrogens with zero attached hydrogens (tertiary/aromatic N) is 2. The van der Waals surface area contributed by atoms with Gasteiger partial charge in [-0.1, -0.05) is 0 Å². The molecule has 0 radical (unpaired) electrons. The average molecular weight is 323 g/mol. The molecule has 7 heteroatoms. The molecule has 1 aromatic rings. The molecule has 0 atom stereocenters. The van der Waals surface area contributed by atoms with Crippen LogP contribution in [0.2, 0.25) is 0 Å². The Morgan fingerprint density at radius 3 is 2.57 bits per heavy atom. The zero-order valence-corrected chi connectivity index (χ0v) is 13.8. The van der Waals surface area contributed by atoms with Gasteiger partial charge in [-0.15, -0.1) is 4.91 Å². The van der Waals surface area contributed by atoms with Crippen molar-refractivity contribution in [2.45, 2.75) is 20.3 Å². The largest absolute Gasteiger partial charge is 0.448 e. The molecule has 0 heterocycles. The number of carbonyl (C=O) groups excluding carboxylic acids is 1. The number of anilines is 1. The maximum Gasteiger partial charge on any atom is 0.407 e. The zero-order chi connectivity index (χ0) is 16.9. The van der Waals surface area contributed by atoms with E-state index in [0.717, 1.165) is 18.7 Å². The summed E-state index contributed by atoms with van der Waals surface area (Å²) >= 11 is 0. The number of rotatable bonds is 11. The van der Waals surface area contributed by atoms with Crippen molar-refractivity contribution in [3.8, 4) is 0 Å². The fourth-order valence-corrected chi connectivity index (χ4v) is 2.00. The zero-order valence-electron chi connectivity index (χ0n) is 13.8. The summed E-state index contributed by atoms with van der Waals surface area (Å²) in [5, 5.41) is 5.56. The summed E-state index contributed by atoms with van der Waals surface area (Å²) in [5.41, 5.74) is 1.35. The highest BCUT2D eigenvalue weighted by Crippen LogP contribution is 2.19. The number of alkyl carbamates (subject to hydrolysis) is 1. The Morgan fingerprint density at radius 1 is 1.22 bits per heavy atom. The van der Waals surface area contributed by atoms with Crippen molar-refractivity contribution in [1.82, 2.24) is 5.32 Å². The van der Waals surface area contributed by atoms with Gasteiger partial charge in [0.05, 0.1) is 6.54 Å². The molecular formula is C16H25N3O4. The Labute approximate surface area is 136 Å². The molecule has 0 fully saturated rings. The van der Waals surface area contributed by atoms with Crippen LogP contribution in [0.1, 0.15) is 20.3 Å². The van der Waals surface area contributed by atoms with Gasteiger partial charge in [0, 0.05) is 32.0 Å². The molecule has 0 aromatic heterocycles. The van der Waals surface area contributed by atoms with E-state index in [1.165, 1.54) is 0 Å². The molecule has 0 aliphatic carbocycles. The number of hydrogen-bond acceptors (Lipinski definition) is 6. The first-order chi connectivity index (χ1) is 11.2. The summed E-state index contributed by atoms with van der Waals surface area (Å²) in [4.78, 5) is 24.0. The molecule has 1 N–H and O–H groups in total. The quantitative estimate of drug-likeness (QED) is 0.500. The first kappa shape index (κ1) is 18.9. The van der Waals surface area contributed by atoms with Crippen LogP contribution in [-0.2, 0) is 9.47 Å². The third-order valence-electron chi connectivity index (χ3n) is 3.24. The van der Waals surface area contributed by atoms with E-state index < -0.39 is 6.09 Å². The van der Waals surface area contributed by atoms with Crippen LogP contribution in [0.25, 0.3) is 0 Å². The lowest BCUT2D eigenvalue weighted by atomic mass is 10.2. The fraction of sp³-hybridized carbons (Fsp3) is 0.562. The lowest BCUT2D eigenvalue weighted by Gasteiger charge is -2.22. The Hall–Kier alpha value is -2.15. The van der Waals surface area contributed by atoms with Gasteiger partial charge in [-0.3, -0.25) is 0 Å². The summed E-state index contributed by atoms with van der Waals surface area (Å²) in [7, 11) is 0. The van der Waals surface area contributed by atoms with E-state index in [1.54, 1.807) is 12.1 Å². The lowest BCUT2D eigenvalue weighted by Crippen LogP contribution is -2.31. The predicted molar refractivity (Wildman–Crippen MR) is 90.2 cm³/mol. The molecule has 7 nitrogen and oxygen atoms in total. The van der Waals surface area contributed by atoms with Crippen LogP contribution in [0.4, 0.5) is 16.2 Å². The third-order valence-corrected chi connectivity index (χ3v) is 3.24. The molecule has 0 aliphatic heterocycles. The van der Waals surface area contributed by atoms with Crippen LogP contribution in [0.5, 0.6) is 0 Å². The van der Waals surface area contributed by atoms with E-state index >= 15 is 0 Å². The summed E-state index contributed by atoms with van der Waals surface area (Å²) in [5.74, 6) is 0. The lowest BCUT2D eigenvalue weighted by molar-refractivity contribution is 0.136. The number of amides is 1. The van der Waals surface area contributed by atoms with Crippen molar-refractivity contribution in [2.75, 3.05) is 44.4 Å². The van der Waals surface area contributed by atoms with Crippen LogP contribution in [-0.4, -0.2) is 45.5 Å². The second-order valence-electron chi connectivity index (χ2n) is 4.80. The molecule has 1 aromatic carbocycles. The maximum absolute atomic E-state index is 11.5. The molecule has 0 spiro atoms. The molecule has 0 saturated heterocycles. The van der Waals surface area contributed by atoms with Crippen molar-refractivity contribution >= 4 is 17.5 Å². The molecular weight excluding hydrogens is 298 g/mol. The number of carbonyl (C=O) groups is 1. The van der Waals surface area contributed by atoms with Crippen molar-refractivity contribution < 1.29 is 14.3 Å². The molecule has 0 bridgehead atoms. The van der Waals surface area contributed by atoms with E-state index in [-0.39, 0.29) is 0 Å². The Balaban J connectivity index is 2.25. The van der Waals surface area contributed by atoms with Gasteiger partial charge in [-0.25, -0.2) is 4.79 Å². The first-order valence-electron chi connectivity index (χ1n) is 7.88. The van der Waals surface area contributed by atoms with E-state index in [4.69, 9.17) is 9.47 Å². The Morgan fingerprint density at radius 2 is 1.96 bits per heavy atom. The van der Waals surface area contributed by atoms with E-state index in [1.807, 2.05) is 26.0 Å². The second kappa shape index (κ2) is 11.4. The Bertz CT molecular complexity index is 465. The molecule has 1 rings (SSSR count). The number of nitroso groups, excluding NO2 is 1. The minimum Gasteiger partial charge on any atom is -0.448 e. The molecule has 0 saturated carbocycles. The van der Waals surface area contributed by atoms with Crippen LogP contribution in [0.15, 0.2) is 29.4 Å². The fourth-order valence-electron chi connectivity index (χ4n) is 2.00. The van der Waals surface area contributed by atoms with Crippen LogP contribution >= 0.6 is 0 Å². The highest BCUT2D eigenvalue weighted by molar-refractivity contribution is 5.67. The number of nitrogens with one attached hydrogen (secondary N) is 1. The number of likely N-dealkylation sites (N-methyl/N-ethyl adjacent to an activating group) is 1. The summed E-state index contributed by atoms with van der Waals surface area (Å²) in [6.45, 7) is 7.44. The standard InChI is InChI=1S/C16H25N3O4/c1-3-19(15-8-6-14(18-21)7-9-15)11-13-23-16(20)17-10-5-12-22-4-2/h6-9H,3-5,10-13H2,1-2H3,(H,17,20). The summed E-state index contributed by atoms with van der Waals surface area (Å²) in [6, 6.07) is 6.98. The number of hydrogen-bond donors (Lipinski definition) is 1. The van der Waals surface area contributed by atoms with E-state index in [0.29, 0.717) is 38.6 Å². The van der Waals surface area contributed by atoms with E-state index in [2.05, 4.69) is 15.4 Å². The molecule has 23 heavy (non-hydrogen) atoms. The topological polar surface area (TPSA) is 80.2 Å². The first-order valence-corrected chi connectivity index (χ1v) is 7.88. The van der Waals surface area contributed by atoms with Crippen LogP contribution in [0.3, 0.4) is 0 Å². The van der Waals surface area contributed by atoms with Gasteiger partial charge in [-0.05, 0) is 49.7 Å². The van der Waals surface area contributed by atoms with Crippen molar-refractivity contribution in [3.63, 3.8) is 0 Å². The third kappa shape index (κ3) is 7.60. The van der Waals surface area contributed by atoms with Gasteiger partial charge < -0.3 is 19.7 Å². The van der Waals surface area contributed by atoms with Gasteiger partial charge in [-0.2, -0.15) is 0 Å². The van der Waals surface area contributed by atoms with E-state index in [9.17, 15) is 9.70 Å². The molecule has 1 amide bonds. The Kier molecular flexibility index (Phi) is 9.38. The minimum atomic E-state index is -0.418. The molecule has 0 aliphatic rings. The SMILES string of the molecule is CCOCCCNC(=O)OCCN(CC)c1ccc(N=O)cc1. The second-order valence-corrected chi connectivity index (χ2v) is 4.80. The van der Waals surface area contributed by atoms with Gasteiger partial charge >= 0.3 is 6.09 Å². The average Bonchev–Trinajstić information content (AvgIpc) is 2.59. The monoisotopic (exact) mass is 323 g/mol. The normalized spacial score (nSPS) is 10.2. The van der Waals surface area contributed by atoms with Crippen LogP contribution < -0.4 is 10.2 Å². The summed E-state index contributed by atoms with van der Waals surface area (Å²) in [6.07, 6.45) is 0.347. The smallest absolute Gasteiger partial charge is 0.407 e. The molecule has 0 unspecified atom stereocenters. The number of benzene rings is 1. The van der Waals surface area contributed by atoms with Crippen molar-refractivity contribution in [2.24, 2.45) is 5.18 Å². The minimum absolute atomic E-state index is 0.290. The summed E-state index contributed by atoms with van der Waals surface area (Å²) < 4.78 is 10.3. The highest BCUT2D eigenvalue weighted by Gasteiger charge is 2.06. The van der Waals surface area contributed by atoms with Crippen molar-refractivity contribution in [1.29, 1.82) is 0 Å². The van der Waals surface area contributed by atoms with Gasteiger partial charge in [0.2, 0.25) is 0 Å². The maximum atomic E-state index is 11.5. The van der Waals surface area contributed by atoms with Crippen LogP contribution in [0, 0.1) is 4.91 Å². The predicted octanol–water partition coefficient (Wildman–Crippen LogP) is 3.06. The highest BCUT2D eigenvalue weighted by atomic mass is 16.5. The van der Waals surface area contributed by atoms with Gasteiger partial charge in [0.1, 0.15) is 12.3 Å². The van der Waals surface area contributed by atoms with Gasteiger partial charge in [0.15, 0.2) is 0 Å². The van der Waals surface area contributed by atoms with Crippen molar-refractivity contribution in [3.05, 3.63) is 29.2 Å². The molecule has 128 valence electrons.